The average molecular weight is 633 g/mol. The van der Waals surface area contributed by atoms with Gasteiger partial charge in [-0.1, -0.05) is 58.7 Å². The zero-order chi connectivity index (χ0) is 33.9. The maximum absolute atomic E-state index is 5.62. The quantitative estimate of drug-likeness (QED) is 0.128. The smallest absolute Gasteiger partial charge is 0.161 e. The van der Waals surface area contributed by atoms with E-state index in [1.54, 1.807) is 28.4 Å². The zero-order valence-corrected chi connectivity index (χ0v) is 30.4. The van der Waals surface area contributed by atoms with Crippen LogP contribution in [0.1, 0.15) is 78.4 Å². The average Bonchev–Trinajstić information content (AvgIpc) is 3.03. The van der Waals surface area contributed by atoms with E-state index in [-0.39, 0.29) is 0 Å². The molecule has 2 rings (SSSR count). The van der Waals surface area contributed by atoms with Crippen LogP contribution in [0.5, 0.6) is 23.0 Å². The van der Waals surface area contributed by atoms with Crippen molar-refractivity contribution in [1.82, 2.24) is 9.80 Å². The van der Waals surface area contributed by atoms with Gasteiger partial charge in [-0.3, -0.25) is 9.80 Å². The highest BCUT2D eigenvalue weighted by atomic mass is 16.5. The highest BCUT2D eigenvalue weighted by Crippen LogP contribution is 2.29. The molecule has 0 atom stereocenters. The normalized spacial score (nSPS) is 11.9. The fraction of sp³-hybridized carbons (Fsp3) is 0.500. The van der Waals surface area contributed by atoms with Crippen LogP contribution in [0.4, 0.5) is 0 Å². The maximum Gasteiger partial charge on any atom is 0.161 e. The molecule has 6 nitrogen and oxygen atoms in total. The summed E-state index contributed by atoms with van der Waals surface area (Å²) in [5.41, 5.74) is 8.00. The Labute approximate surface area is 280 Å². The molecule has 0 fully saturated rings. The largest absolute Gasteiger partial charge is 0.493 e. The van der Waals surface area contributed by atoms with Crippen LogP contribution in [0.2, 0.25) is 0 Å². The molecule has 0 spiro atoms. The fourth-order valence-corrected chi connectivity index (χ4v) is 5.18. The van der Waals surface area contributed by atoms with Gasteiger partial charge in [0.05, 0.1) is 28.4 Å². The first-order valence-electron chi connectivity index (χ1n) is 16.5. The van der Waals surface area contributed by atoms with E-state index < -0.39 is 0 Å². The Balaban J connectivity index is 2.30. The monoisotopic (exact) mass is 632 g/mol. The highest BCUT2D eigenvalue weighted by molar-refractivity contribution is 5.43. The summed E-state index contributed by atoms with van der Waals surface area (Å²) >= 11 is 0. The summed E-state index contributed by atoms with van der Waals surface area (Å²) < 4.78 is 22.2. The van der Waals surface area contributed by atoms with Gasteiger partial charge >= 0.3 is 0 Å². The number of hydrogen-bond donors (Lipinski definition) is 0. The van der Waals surface area contributed by atoms with Gasteiger partial charge in [0.25, 0.3) is 0 Å². The maximum atomic E-state index is 5.62. The van der Waals surface area contributed by atoms with Gasteiger partial charge in [-0.2, -0.15) is 0 Å². The molecule has 6 heteroatoms. The van der Waals surface area contributed by atoms with Crippen LogP contribution >= 0.6 is 0 Å². The topological polar surface area (TPSA) is 43.4 Å². The van der Waals surface area contributed by atoms with Gasteiger partial charge in [0, 0.05) is 39.3 Å². The Morgan fingerprint density at radius 1 is 0.522 bits per heavy atom. The third-order valence-electron chi connectivity index (χ3n) is 8.02. The molecule has 0 amide bonds. The standard InChI is InChI=1S/C40H60N2O4/c1-31(2)13-11-15-33(5)21-23-41(29-35-17-19-37(43-7)39(27-35)45-9)25-26-42(24-22-34(6)16-12-14-32(3)4)30-36-18-20-38(44-8)40(28-36)46-10/h13-14,17-22,27-28H,11-12,15-16,23-26,29-30H2,1-10H3/b33-21+,34-22+. The molecule has 0 aliphatic rings. The predicted molar refractivity (Wildman–Crippen MR) is 194 cm³/mol. The number of methoxy groups -OCH3 is 4. The molecular formula is C40H60N2O4. The molecule has 0 saturated carbocycles. The zero-order valence-electron chi connectivity index (χ0n) is 30.4. The Bertz CT molecular complexity index is 1220. The number of allylic oxidation sites excluding steroid dienone is 6. The summed E-state index contributed by atoms with van der Waals surface area (Å²) in [4.78, 5) is 5.05. The van der Waals surface area contributed by atoms with E-state index >= 15 is 0 Å². The van der Waals surface area contributed by atoms with Gasteiger partial charge < -0.3 is 18.9 Å². The number of ether oxygens (including phenoxy) is 4. The van der Waals surface area contributed by atoms with Crippen molar-refractivity contribution >= 4 is 0 Å². The highest BCUT2D eigenvalue weighted by Gasteiger charge is 2.14. The van der Waals surface area contributed by atoms with Crippen LogP contribution in [-0.4, -0.2) is 64.4 Å². The third-order valence-corrected chi connectivity index (χ3v) is 8.02. The van der Waals surface area contributed by atoms with Gasteiger partial charge in [0.15, 0.2) is 23.0 Å². The van der Waals surface area contributed by atoms with Crippen molar-refractivity contribution in [2.24, 2.45) is 0 Å². The lowest BCUT2D eigenvalue weighted by Gasteiger charge is -2.27. The summed E-state index contributed by atoms with van der Waals surface area (Å²) in [6.45, 7) is 18.4. The second-order valence-electron chi connectivity index (χ2n) is 12.6. The Morgan fingerprint density at radius 2 is 0.891 bits per heavy atom. The summed E-state index contributed by atoms with van der Waals surface area (Å²) in [6, 6.07) is 12.5. The van der Waals surface area contributed by atoms with E-state index in [2.05, 4.69) is 99.9 Å². The summed E-state index contributed by atoms with van der Waals surface area (Å²) in [7, 11) is 6.74. The van der Waals surface area contributed by atoms with Crippen molar-refractivity contribution in [2.45, 2.75) is 80.3 Å². The first-order valence-corrected chi connectivity index (χ1v) is 16.5. The first kappa shape index (κ1) is 38.7. The van der Waals surface area contributed by atoms with Gasteiger partial charge in [-0.25, -0.2) is 0 Å². The minimum absolute atomic E-state index is 0.751. The molecule has 0 saturated heterocycles. The SMILES string of the molecule is COc1ccc(CN(C/C=C(\C)CCC=C(C)C)CCN(C/C=C(\C)CCC=C(C)C)Cc2ccc(OC)c(OC)c2)cc1OC. The van der Waals surface area contributed by atoms with E-state index in [0.717, 1.165) is 87.9 Å². The second-order valence-corrected chi connectivity index (χ2v) is 12.6. The molecule has 254 valence electrons. The molecule has 0 radical (unpaired) electrons. The van der Waals surface area contributed by atoms with Gasteiger partial charge in [-0.15, -0.1) is 0 Å². The number of nitrogens with zero attached hydrogens (tertiary/aromatic N) is 2. The third kappa shape index (κ3) is 14.7. The molecule has 0 bridgehead atoms. The molecule has 0 heterocycles. The van der Waals surface area contributed by atoms with Crippen LogP contribution in [0.15, 0.2) is 83.0 Å². The number of benzene rings is 2. The van der Waals surface area contributed by atoms with Gasteiger partial charge in [-0.05, 0) is 103 Å². The fourth-order valence-electron chi connectivity index (χ4n) is 5.18. The van der Waals surface area contributed by atoms with Crippen LogP contribution in [0.3, 0.4) is 0 Å². The van der Waals surface area contributed by atoms with Crippen molar-refractivity contribution in [1.29, 1.82) is 0 Å². The van der Waals surface area contributed by atoms with Crippen molar-refractivity contribution in [3.05, 3.63) is 94.1 Å². The van der Waals surface area contributed by atoms with E-state index in [4.69, 9.17) is 18.9 Å². The lowest BCUT2D eigenvalue weighted by atomic mass is 10.1. The molecular weight excluding hydrogens is 572 g/mol. The molecule has 0 aromatic heterocycles. The number of rotatable bonds is 21. The van der Waals surface area contributed by atoms with Crippen molar-refractivity contribution < 1.29 is 18.9 Å². The molecule has 0 aliphatic heterocycles. The van der Waals surface area contributed by atoms with Crippen LogP contribution in [0, 0.1) is 0 Å². The summed E-state index contributed by atoms with van der Waals surface area (Å²) in [6.07, 6.45) is 13.8. The second kappa shape index (κ2) is 21.3. The molecule has 46 heavy (non-hydrogen) atoms. The van der Waals surface area contributed by atoms with Crippen LogP contribution in [0.25, 0.3) is 0 Å². The predicted octanol–water partition coefficient (Wildman–Crippen LogP) is 9.41. The van der Waals surface area contributed by atoms with Crippen molar-refractivity contribution in [3.63, 3.8) is 0 Å². The number of hydrogen-bond acceptors (Lipinski definition) is 6. The van der Waals surface area contributed by atoms with E-state index in [1.165, 1.54) is 33.4 Å². The Kier molecular flexibility index (Phi) is 18.0. The summed E-state index contributed by atoms with van der Waals surface area (Å²) in [5.74, 6) is 3.02. The Hall–Kier alpha value is -3.48. The molecule has 2 aromatic carbocycles. The van der Waals surface area contributed by atoms with E-state index in [0.29, 0.717) is 0 Å². The Morgan fingerprint density at radius 3 is 1.22 bits per heavy atom. The first-order chi connectivity index (χ1) is 22.1. The van der Waals surface area contributed by atoms with Crippen molar-refractivity contribution in [3.8, 4) is 23.0 Å². The molecule has 0 N–H and O–H groups in total. The minimum Gasteiger partial charge on any atom is -0.493 e. The van der Waals surface area contributed by atoms with Gasteiger partial charge in [0.1, 0.15) is 0 Å². The van der Waals surface area contributed by atoms with Crippen molar-refractivity contribution in [2.75, 3.05) is 54.6 Å². The lowest BCUT2D eigenvalue weighted by Crippen LogP contribution is -2.35. The minimum atomic E-state index is 0.751. The molecule has 0 aliphatic carbocycles. The van der Waals surface area contributed by atoms with Crippen LogP contribution in [-0.2, 0) is 13.1 Å². The lowest BCUT2D eigenvalue weighted by molar-refractivity contribution is 0.216. The molecule has 2 aromatic rings. The van der Waals surface area contributed by atoms with E-state index in [1.807, 2.05) is 12.1 Å². The van der Waals surface area contributed by atoms with Crippen LogP contribution < -0.4 is 18.9 Å². The molecule has 0 unspecified atom stereocenters. The van der Waals surface area contributed by atoms with Gasteiger partial charge in [0.2, 0.25) is 0 Å². The van der Waals surface area contributed by atoms with E-state index in [9.17, 15) is 0 Å². The summed E-state index contributed by atoms with van der Waals surface area (Å²) in [5, 5.41) is 0.